The molecule has 0 saturated carbocycles. The summed E-state index contributed by atoms with van der Waals surface area (Å²) < 4.78 is 2.12. The van der Waals surface area contributed by atoms with Crippen LogP contribution in [-0.4, -0.2) is 40.5 Å². The van der Waals surface area contributed by atoms with Crippen LogP contribution < -0.4 is 11.1 Å². The molecule has 2 aromatic rings. The first-order valence-corrected chi connectivity index (χ1v) is 8.52. The Morgan fingerprint density at radius 3 is 2.88 bits per heavy atom. The van der Waals surface area contributed by atoms with Gasteiger partial charge in [0.1, 0.15) is 0 Å². The van der Waals surface area contributed by atoms with Gasteiger partial charge in [0.05, 0.1) is 0 Å². The van der Waals surface area contributed by atoms with Gasteiger partial charge in [-0.3, -0.25) is 4.79 Å². The van der Waals surface area contributed by atoms with Gasteiger partial charge in [-0.05, 0) is 36.8 Å². The van der Waals surface area contributed by atoms with Crippen LogP contribution in [0.25, 0.3) is 10.9 Å². The van der Waals surface area contributed by atoms with Gasteiger partial charge in [-0.2, -0.15) is 0 Å². The Kier molecular flexibility index (Phi) is 5.03. The van der Waals surface area contributed by atoms with E-state index >= 15 is 0 Å². The zero-order valence-electron chi connectivity index (χ0n) is 13.8. The molecule has 1 aromatic heterocycles. The van der Waals surface area contributed by atoms with Gasteiger partial charge in [-0.15, -0.1) is 0 Å². The average molecular weight is 328 g/mol. The maximum Gasteiger partial charge on any atom is 0.312 e. The molecule has 1 aromatic carbocycles. The summed E-state index contributed by atoms with van der Waals surface area (Å²) in [6, 6.07) is 9.76. The molecule has 6 nitrogen and oxygen atoms in total. The Bertz CT molecular complexity index is 725. The van der Waals surface area contributed by atoms with Gasteiger partial charge in [0.15, 0.2) is 0 Å². The van der Waals surface area contributed by atoms with Crippen molar-refractivity contribution in [1.29, 1.82) is 0 Å². The van der Waals surface area contributed by atoms with Gasteiger partial charge in [0.2, 0.25) is 5.91 Å². The number of amides is 3. The van der Waals surface area contributed by atoms with Crippen molar-refractivity contribution in [3.63, 3.8) is 0 Å². The number of nitrogens with two attached hydrogens (primary N) is 1. The Hall–Kier alpha value is -2.50. The molecule has 1 atom stereocenters. The summed E-state index contributed by atoms with van der Waals surface area (Å²) in [6.45, 7) is 1.86. The van der Waals surface area contributed by atoms with Crippen LogP contribution >= 0.6 is 0 Å². The van der Waals surface area contributed by atoms with Gasteiger partial charge in [-0.1, -0.05) is 18.2 Å². The fourth-order valence-corrected chi connectivity index (χ4v) is 3.45. The summed E-state index contributed by atoms with van der Waals surface area (Å²) in [6.07, 6.45) is 5.51. The second kappa shape index (κ2) is 7.38. The number of nitrogens with zero attached hydrogens (tertiary/aromatic N) is 2. The smallest absolute Gasteiger partial charge is 0.312 e. The second-order valence-corrected chi connectivity index (χ2v) is 6.30. The molecule has 0 radical (unpaired) electrons. The summed E-state index contributed by atoms with van der Waals surface area (Å²) in [5.74, 6) is 0.142. The van der Waals surface area contributed by atoms with Crippen molar-refractivity contribution >= 4 is 22.8 Å². The fraction of sp³-hybridized carbons (Fsp3) is 0.444. The van der Waals surface area contributed by atoms with Crippen molar-refractivity contribution in [1.82, 2.24) is 14.8 Å². The zero-order chi connectivity index (χ0) is 16.9. The lowest BCUT2D eigenvalue weighted by molar-refractivity contribution is -0.135. The van der Waals surface area contributed by atoms with Crippen LogP contribution in [0.2, 0.25) is 0 Å². The number of hydrogen-bond acceptors (Lipinski definition) is 2. The first kappa shape index (κ1) is 16.4. The molecule has 1 saturated heterocycles. The Morgan fingerprint density at radius 1 is 1.21 bits per heavy atom. The summed E-state index contributed by atoms with van der Waals surface area (Å²) in [4.78, 5) is 25.5. The minimum atomic E-state index is -0.535. The largest absolute Gasteiger partial charge is 0.352 e. The Labute approximate surface area is 141 Å². The number of primary amides is 1. The standard InChI is InChI=1S/C18H24N4O2/c19-18(24)20-13-15-6-3-4-10-22(15)17(23)9-12-21-11-8-14-5-1-2-7-16(14)21/h1-2,5,7-8,11,15H,3-4,6,9-10,12-13H2,(H3,19,20,24)/t15-/m1/s1. The molecule has 0 bridgehead atoms. The summed E-state index contributed by atoms with van der Waals surface area (Å²) >= 11 is 0. The molecule has 3 amide bonds. The lowest BCUT2D eigenvalue weighted by Crippen LogP contribution is -2.50. The molecule has 3 N–H and O–H groups in total. The number of hydrogen-bond donors (Lipinski definition) is 2. The average Bonchev–Trinajstić information content (AvgIpc) is 3.01. The van der Waals surface area contributed by atoms with Crippen LogP contribution in [-0.2, 0) is 11.3 Å². The van der Waals surface area contributed by atoms with E-state index in [2.05, 4.69) is 28.1 Å². The van der Waals surface area contributed by atoms with Gasteiger partial charge >= 0.3 is 6.03 Å². The zero-order valence-corrected chi connectivity index (χ0v) is 13.8. The van der Waals surface area contributed by atoms with Crippen molar-refractivity contribution in [2.75, 3.05) is 13.1 Å². The molecule has 1 aliphatic heterocycles. The number of piperidine rings is 1. The third-order valence-electron chi connectivity index (χ3n) is 4.71. The molecule has 24 heavy (non-hydrogen) atoms. The van der Waals surface area contributed by atoms with E-state index in [1.165, 1.54) is 5.39 Å². The Morgan fingerprint density at radius 2 is 2.04 bits per heavy atom. The van der Waals surface area contributed by atoms with E-state index in [4.69, 9.17) is 5.73 Å². The first-order valence-electron chi connectivity index (χ1n) is 8.52. The number of aromatic nitrogens is 1. The molecule has 2 heterocycles. The normalized spacial score (nSPS) is 17.8. The summed E-state index contributed by atoms with van der Waals surface area (Å²) in [5, 5.41) is 3.82. The van der Waals surface area contributed by atoms with Crippen LogP contribution in [0.5, 0.6) is 0 Å². The minimum Gasteiger partial charge on any atom is -0.352 e. The van der Waals surface area contributed by atoms with Crippen molar-refractivity contribution in [2.45, 2.75) is 38.3 Å². The van der Waals surface area contributed by atoms with E-state index in [1.54, 1.807) is 0 Å². The van der Waals surface area contributed by atoms with E-state index in [9.17, 15) is 9.59 Å². The molecule has 3 rings (SSSR count). The number of likely N-dealkylation sites (tertiary alicyclic amines) is 1. The molecule has 0 spiro atoms. The molecular weight excluding hydrogens is 304 g/mol. The van der Waals surface area contributed by atoms with Gasteiger partial charge in [-0.25, -0.2) is 4.79 Å². The minimum absolute atomic E-state index is 0.0557. The highest BCUT2D eigenvalue weighted by atomic mass is 16.2. The lowest BCUT2D eigenvalue weighted by Gasteiger charge is -2.36. The third-order valence-corrected chi connectivity index (χ3v) is 4.71. The van der Waals surface area contributed by atoms with E-state index in [0.717, 1.165) is 31.3 Å². The predicted molar refractivity (Wildman–Crippen MR) is 93.5 cm³/mol. The number of urea groups is 1. The third kappa shape index (κ3) is 3.69. The van der Waals surface area contributed by atoms with E-state index in [1.807, 2.05) is 23.2 Å². The summed E-state index contributed by atoms with van der Waals surface area (Å²) in [7, 11) is 0. The Balaban J connectivity index is 1.61. The number of fused-ring (bicyclic) bond motifs is 1. The van der Waals surface area contributed by atoms with Crippen molar-refractivity contribution in [3.05, 3.63) is 36.5 Å². The monoisotopic (exact) mass is 328 g/mol. The highest BCUT2D eigenvalue weighted by Crippen LogP contribution is 2.19. The van der Waals surface area contributed by atoms with Crippen molar-refractivity contribution in [2.24, 2.45) is 5.73 Å². The first-order chi connectivity index (χ1) is 11.6. The van der Waals surface area contributed by atoms with Crippen molar-refractivity contribution < 1.29 is 9.59 Å². The van der Waals surface area contributed by atoms with Crippen LogP contribution in [0, 0.1) is 0 Å². The molecule has 128 valence electrons. The van der Waals surface area contributed by atoms with E-state index in [-0.39, 0.29) is 11.9 Å². The second-order valence-electron chi connectivity index (χ2n) is 6.30. The maximum absolute atomic E-state index is 12.7. The molecule has 0 aliphatic carbocycles. The number of benzene rings is 1. The quantitative estimate of drug-likeness (QED) is 0.881. The van der Waals surface area contributed by atoms with Crippen LogP contribution in [0.15, 0.2) is 36.5 Å². The number of nitrogens with one attached hydrogen (secondary N) is 1. The molecular formula is C18H24N4O2. The summed E-state index contributed by atoms with van der Waals surface area (Å²) in [5.41, 5.74) is 6.30. The number of rotatable bonds is 5. The molecule has 0 unspecified atom stereocenters. The van der Waals surface area contributed by atoms with Crippen LogP contribution in [0.1, 0.15) is 25.7 Å². The highest BCUT2D eigenvalue weighted by Gasteiger charge is 2.26. The van der Waals surface area contributed by atoms with Gasteiger partial charge in [0.25, 0.3) is 0 Å². The predicted octanol–water partition coefficient (Wildman–Crippen LogP) is 2.08. The van der Waals surface area contributed by atoms with Crippen molar-refractivity contribution in [3.8, 4) is 0 Å². The van der Waals surface area contributed by atoms with Gasteiger partial charge < -0.3 is 20.5 Å². The molecule has 1 aliphatic rings. The topological polar surface area (TPSA) is 80.4 Å². The molecule has 6 heteroatoms. The number of carbonyl (C=O) groups excluding carboxylic acids is 2. The van der Waals surface area contributed by atoms with E-state index in [0.29, 0.717) is 19.5 Å². The fourth-order valence-electron chi connectivity index (χ4n) is 3.45. The highest BCUT2D eigenvalue weighted by molar-refractivity contribution is 5.81. The number of para-hydroxylation sites is 1. The lowest BCUT2D eigenvalue weighted by atomic mass is 10.0. The van der Waals surface area contributed by atoms with E-state index < -0.39 is 6.03 Å². The van der Waals surface area contributed by atoms with Crippen LogP contribution in [0.3, 0.4) is 0 Å². The molecule has 1 fully saturated rings. The number of carbonyl (C=O) groups is 2. The number of aryl methyl sites for hydroxylation is 1. The van der Waals surface area contributed by atoms with Crippen LogP contribution in [0.4, 0.5) is 4.79 Å². The SMILES string of the molecule is NC(=O)NC[C@H]1CCCCN1C(=O)CCn1ccc2ccccc21. The van der Waals surface area contributed by atoms with Gasteiger partial charge in [0, 0.05) is 43.8 Å². The maximum atomic E-state index is 12.7.